The van der Waals surface area contributed by atoms with E-state index in [9.17, 15) is 0 Å². The van der Waals surface area contributed by atoms with Gasteiger partial charge in [0.25, 0.3) is 0 Å². The number of nitrogens with zero attached hydrogens (tertiary/aromatic N) is 2. The normalized spacial score (nSPS) is 25.8. The predicted octanol–water partition coefficient (Wildman–Crippen LogP) is 1.56. The van der Waals surface area contributed by atoms with Crippen LogP contribution in [0.2, 0.25) is 0 Å². The summed E-state index contributed by atoms with van der Waals surface area (Å²) < 4.78 is 0. The first-order valence-corrected chi connectivity index (χ1v) is 7.63. The highest BCUT2D eigenvalue weighted by Gasteiger charge is 2.26. The van der Waals surface area contributed by atoms with Crippen molar-refractivity contribution in [1.82, 2.24) is 15.1 Å². The summed E-state index contributed by atoms with van der Waals surface area (Å²) in [6.45, 7) is 8.40. The van der Waals surface area contributed by atoms with Gasteiger partial charge in [-0.05, 0) is 24.9 Å². The SMILES string of the molecule is c1ccc(CN2CCCC2CN2CCNCC2)cc1. The average Bonchev–Trinajstić information content (AvgIpc) is 2.88. The molecule has 0 spiro atoms. The van der Waals surface area contributed by atoms with Crippen LogP contribution in [0, 0.1) is 0 Å². The average molecular weight is 259 g/mol. The second-order valence-corrected chi connectivity index (χ2v) is 5.80. The molecule has 2 aliphatic heterocycles. The van der Waals surface area contributed by atoms with Crippen molar-refractivity contribution in [3.05, 3.63) is 35.9 Å². The molecule has 1 aromatic carbocycles. The van der Waals surface area contributed by atoms with Crippen LogP contribution in [0.4, 0.5) is 0 Å². The highest BCUT2D eigenvalue weighted by Crippen LogP contribution is 2.21. The largest absolute Gasteiger partial charge is 0.314 e. The van der Waals surface area contributed by atoms with Gasteiger partial charge in [-0.15, -0.1) is 0 Å². The molecule has 1 unspecified atom stereocenters. The molecule has 2 heterocycles. The number of likely N-dealkylation sites (tertiary alicyclic amines) is 1. The molecule has 1 N–H and O–H groups in total. The van der Waals surface area contributed by atoms with Gasteiger partial charge in [0.05, 0.1) is 0 Å². The third-order valence-electron chi connectivity index (χ3n) is 4.41. The van der Waals surface area contributed by atoms with E-state index in [0.29, 0.717) is 0 Å². The molecular weight excluding hydrogens is 234 g/mol. The summed E-state index contributed by atoms with van der Waals surface area (Å²) in [4.78, 5) is 5.31. The van der Waals surface area contributed by atoms with Gasteiger partial charge in [-0.3, -0.25) is 9.80 Å². The van der Waals surface area contributed by atoms with Gasteiger partial charge in [-0.25, -0.2) is 0 Å². The number of hydrogen-bond donors (Lipinski definition) is 1. The van der Waals surface area contributed by atoms with Gasteiger partial charge in [0.15, 0.2) is 0 Å². The van der Waals surface area contributed by atoms with Crippen molar-refractivity contribution in [2.75, 3.05) is 39.3 Å². The molecule has 0 radical (unpaired) electrons. The third kappa shape index (κ3) is 3.56. The maximum Gasteiger partial charge on any atom is 0.0237 e. The minimum Gasteiger partial charge on any atom is -0.314 e. The summed E-state index contributed by atoms with van der Waals surface area (Å²) in [5, 5.41) is 3.44. The molecule has 0 amide bonds. The molecular formula is C16H25N3. The number of piperazine rings is 1. The Kier molecular flexibility index (Phi) is 4.49. The Hall–Kier alpha value is -0.900. The lowest BCUT2D eigenvalue weighted by Crippen LogP contribution is -2.48. The Morgan fingerprint density at radius 3 is 2.63 bits per heavy atom. The van der Waals surface area contributed by atoms with Crippen LogP contribution in [-0.4, -0.2) is 55.1 Å². The molecule has 2 aliphatic rings. The van der Waals surface area contributed by atoms with Gasteiger partial charge in [0, 0.05) is 45.3 Å². The Balaban J connectivity index is 1.55. The third-order valence-corrected chi connectivity index (χ3v) is 4.41. The molecule has 1 aromatic rings. The fourth-order valence-corrected chi connectivity index (χ4v) is 3.32. The molecule has 3 heteroatoms. The van der Waals surface area contributed by atoms with Gasteiger partial charge in [0.2, 0.25) is 0 Å². The number of nitrogens with one attached hydrogen (secondary N) is 1. The van der Waals surface area contributed by atoms with Crippen LogP contribution in [0.5, 0.6) is 0 Å². The second kappa shape index (κ2) is 6.51. The number of hydrogen-bond acceptors (Lipinski definition) is 3. The van der Waals surface area contributed by atoms with Crippen molar-refractivity contribution in [2.45, 2.75) is 25.4 Å². The van der Waals surface area contributed by atoms with Gasteiger partial charge >= 0.3 is 0 Å². The summed E-state index contributed by atoms with van der Waals surface area (Å²) in [6.07, 6.45) is 2.74. The van der Waals surface area contributed by atoms with E-state index in [-0.39, 0.29) is 0 Å². The van der Waals surface area contributed by atoms with Crippen LogP contribution in [0.1, 0.15) is 18.4 Å². The highest BCUT2D eigenvalue weighted by atomic mass is 15.3. The first-order chi connectivity index (χ1) is 9.42. The van der Waals surface area contributed by atoms with Crippen molar-refractivity contribution >= 4 is 0 Å². The number of rotatable bonds is 4. The minimum atomic E-state index is 0.762. The molecule has 1 atom stereocenters. The lowest BCUT2D eigenvalue weighted by Gasteiger charge is -2.33. The molecule has 0 bridgehead atoms. The summed E-state index contributed by atoms with van der Waals surface area (Å²) in [7, 11) is 0. The van der Waals surface area contributed by atoms with E-state index in [1.54, 1.807) is 0 Å². The quantitative estimate of drug-likeness (QED) is 0.885. The van der Waals surface area contributed by atoms with Crippen LogP contribution < -0.4 is 5.32 Å². The molecule has 0 aliphatic carbocycles. The lowest BCUT2D eigenvalue weighted by molar-refractivity contribution is 0.155. The molecule has 2 saturated heterocycles. The molecule has 2 fully saturated rings. The molecule has 3 rings (SSSR count). The van der Waals surface area contributed by atoms with Gasteiger partial charge in [-0.2, -0.15) is 0 Å². The maximum atomic E-state index is 3.44. The van der Waals surface area contributed by atoms with Crippen molar-refractivity contribution in [2.24, 2.45) is 0 Å². The zero-order valence-corrected chi connectivity index (χ0v) is 11.7. The molecule has 3 nitrogen and oxygen atoms in total. The first-order valence-electron chi connectivity index (χ1n) is 7.63. The van der Waals surface area contributed by atoms with Crippen LogP contribution in [0.15, 0.2) is 30.3 Å². The van der Waals surface area contributed by atoms with E-state index in [1.807, 2.05) is 0 Å². The van der Waals surface area contributed by atoms with Crippen LogP contribution in [-0.2, 0) is 6.54 Å². The molecule has 19 heavy (non-hydrogen) atoms. The van der Waals surface area contributed by atoms with E-state index >= 15 is 0 Å². The summed E-state index contributed by atoms with van der Waals surface area (Å²) >= 11 is 0. The van der Waals surface area contributed by atoms with E-state index in [4.69, 9.17) is 0 Å². The summed E-state index contributed by atoms with van der Waals surface area (Å²) in [5.74, 6) is 0. The summed E-state index contributed by atoms with van der Waals surface area (Å²) in [6, 6.07) is 11.7. The first kappa shape index (κ1) is 13.1. The Bertz CT molecular complexity index is 373. The van der Waals surface area contributed by atoms with E-state index in [0.717, 1.165) is 25.7 Å². The van der Waals surface area contributed by atoms with Crippen LogP contribution >= 0.6 is 0 Å². The number of benzene rings is 1. The molecule has 104 valence electrons. The van der Waals surface area contributed by atoms with Crippen molar-refractivity contribution in [1.29, 1.82) is 0 Å². The van der Waals surface area contributed by atoms with E-state index < -0.39 is 0 Å². The van der Waals surface area contributed by atoms with Crippen LogP contribution in [0.25, 0.3) is 0 Å². The maximum absolute atomic E-state index is 3.44. The Morgan fingerprint density at radius 1 is 1.05 bits per heavy atom. The van der Waals surface area contributed by atoms with Gasteiger partial charge in [0.1, 0.15) is 0 Å². The summed E-state index contributed by atoms with van der Waals surface area (Å²) in [5.41, 5.74) is 1.45. The molecule has 0 saturated carbocycles. The van der Waals surface area contributed by atoms with E-state index in [1.165, 1.54) is 44.6 Å². The predicted molar refractivity (Wildman–Crippen MR) is 79.2 cm³/mol. The monoisotopic (exact) mass is 259 g/mol. The lowest BCUT2D eigenvalue weighted by atomic mass is 10.1. The second-order valence-electron chi connectivity index (χ2n) is 5.80. The molecule has 0 aromatic heterocycles. The smallest absolute Gasteiger partial charge is 0.0237 e. The van der Waals surface area contributed by atoms with Gasteiger partial charge < -0.3 is 5.32 Å². The fourth-order valence-electron chi connectivity index (χ4n) is 3.32. The van der Waals surface area contributed by atoms with Crippen molar-refractivity contribution in [3.63, 3.8) is 0 Å². The van der Waals surface area contributed by atoms with Gasteiger partial charge in [-0.1, -0.05) is 30.3 Å². The Morgan fingerprint density at radius 2 is 1.84 bits per heavy atom. The highest BCUT2D eigenvalue weighted by molar-refractivity contribution is 5.14. The van der Waals surface area contributed by atoms with Crippen LogP contribution in [0.3, 0.4) is 0 Å². The van der Waals surface area contributed by atoms with E-state index in [2.05, 4.69) is 45.4 Å². The standard InChI is InChI=1S/C16H25N3/c1-2-5-15(6-3-1)13-19-10-4-7-16(19)14-18-11-8-17-9-12-18/h1-3,5-6,16-17H,4,7-14H2. The zero-order chi connectivity index (χ0) is 12.9. The fraction of sp³-hybridized carbons (Fsp3) is 0.625. The Labute approximate surface area is 116 Å². The van der Waals surface area contributed by atoms with Crippen molar-refractivity contribution in [3.8, 4) is 0 Å². The zero-order valence-electron chi connectivity index (χ0n) is 11.7. The minimum absolute atomic E-state index is 0.762. The van der Waals surface area contributed by atoms with Crippen molar-refractivity contribution < 1.29 is 0 Å². The topological polar surface area (TPSA) is 18.5 Å².